The summed E-state index contributed by atoms with van der Waals surface area (Å²) in [5, 5.41) is 11.7. The molecule has 1 atom stereocenters. The van der Waals surface area contributed by atoms with Gasteiger partial charge in [-0.3, -0.25) is 9.69 Å². The molecule has 0 saturated heterocycles. The minimum Gasteiger partial charge on any atom is -0.480 e. The number of carbonyl (C=O) groups is 1. The SMILES string of the molecule is CCCNC(CN(CC(F)(F)F)C1CC1)C(=O)O. The lowest BCUT2D eigenvalue weighted by Crippen LogP contribution is -2.49. The molecule has 1 fully saturated rings. The third kappa shape index (κ3) is 5.68. The molecular weight excluding hydrogens is 249 g/mol. The van der Waals surface area contributed by atoms with Gasteiger partial charge in [0.05, 0.1) is 6.54 Å². The Morgan fingerprint density at radius 2 is 2.11 bits per heavy atom. The van der Waals surface area contributed by atoms with Crippen LogP contribution < -0.4 is 5.32 Å². The molecule has 0 aromatic heterocycles. The van der Waals surface area contributed by atoms with Crippen molar-refractivity contribution in [2.45, 2.75) is 44.4 Å². The molecule has 18 heavy (non-hydrogen) atoms. The predicted molar refractivity (Wildman–Crippen MR) is 60.4 cm³/mol. The standard InChI is InChI=1S/C11H19F3N2O2/c1-2-5-15-9(10(17)18)6-16(8-3-4-8)7-11(12,13)14/h8-9,15H,2-7H2,1H3,(H,17,18). The van der Waals surface area contributed by atoms with Crippen LogP contribution in [0.25, 0.3) is 0 Å². The number of rotatable bonds is 8. The summed E-state index contributed by atoms with van der Waals surface area (Å²) in [5.41, 5.74) is 0. The molecular formula is C11H19F3N2O2. The highest BCUT2D eigenvalue weighted by Gasteiger charge is 2.39. The zero-order chi connectivity index (χ0) is 13.8. The smallest absolute Gasteiger partial charge is 0.401 e. The van der Waals surface area contributed by atoms with E-state index in [0.29, 0.717) is 6.54 Å². The van der Waals surface area contributed by atoms with E-state index in [0.717, 1.165) is 19.3 Å². The minimum atomic E-state index is -4.28. The quantitative estimate of drug-likeness (QED) is 0.700. The first-order chi connectivity index (χ1) is 8.33. The van der Waals surface area contributed by atoms with Crippen LogP contribution in [0.1, 0.15) is 26.2 Å². The van der Waals surface area contributed by atoms with Gasteiger partial charge in [0.25, 0.3) is 0 Å². The summed E-state index contributed by atoms with van der Waals surface area (Å²) in [6, 6.07) is -1.05. The van der Waals surface area contributed by atoms with E-state index in [1.54, 1.807) is 0 Å². The molecule has 106 valence electrons. The molecule has 1 rings (SSSR count). The van der Waals surface area contributed by atoms with E-state index in [1.807, 2.05) is 6.92 Å². The summed E-state index contributed by atoms with van der Waals surface area (Å²) in [6.07, 6.45) is -2.10. The number of aliphatic carboxylic acids is 1. The molecule has 0 bridgehead atoms. The van der Waals surface area contributed by atoms with E-state index in [9.17, 15) is 18.0 Å². The van der Waals surface area contributed by atoms with Crippen LogP contribution in [0.15, 0.2) is 0 Å². The summed E-state index contributed by atoms with van der Waals surface area (Å²) in [6.45, 7) is 1.23. The predicted octanol–water partition coefficient (Wildman–Crippen LogP) is 1.47. The molecule has 0 aliphatic heterocycles. The van der Waals surface area contributed by atoms with Crippen molar-refractivity contribution in [1.29, 1.82) is 0 Å². The van der Waals surface area contributed by atoms with Gasteiger partial charge in [0, 0.05) is 12.6 Å². The number of hydrogen-bond donors (Lipinski definition) is 2. The third-order valence-corrected chi connectivity index (χ3v) is 2.80. The first-order valence-corrected chi connectivity index (χ1v) is 6.10. The summed E-state index contributed by atoms with van der Waals surface area (Å²) in [4.78, 5) is 12.2. The number of nitrogens with zero attached hydrogens (tertiary/aromatic N) is 1. The fraction of sp³-hybridized carbons (Fsp3) is 0.909. The average molecular weight is 268 g/mol. The van der Waals surface area contributed by atoms with Crippen LogP contribution in [0.4, 0.5) is 13.2 Å². The van der Waals surface area contributed by atoms with Crippen molar-refractivity contribution < 1.29 is 23.1 Å². The zero-order valence-electron chi connectivity index (χ0n) is 10.3. The van der Waals surface area contributed by atoms with Crippen LogP contribution >= 0.6 is 0 Å². The third-order valence-electron chi connectivity index (χ3n) is 2.80. The first kappa shape index (κ1) is 15.2. The van der Waals surface area contributed by atoms with Crippen molar-refractivity contribution in [1.82, 2.24) is 10.2 Å². The normalized spacial score (nSPS) is 18.1. The molecule has 7 heteroatoms. The van der Waals surface area contributed by atoms with Crippen LogP contribution in [0.2, 0.25) is 0 Å². The highest BCUT2D eigenvalue weighted by molar-refractivity contribution is 5.73. The lowest BCUT2D eigenvalue weighted by Gasteiger charge is -2.26. The van der Waals surface area contributed by atoms with Gasteiger partial charge in [0.15, 0.2) is 0 Å². The van der Waals surface area contributed by atoms with Crippen molar-refractivity contribution in [2.24, 2.45) is 0 Å². The molecule has 0 radical (unpaired) electrons. The van der Waals surface area contributed by atoms with Gasteiger partial charge in [-0.25, -0.2) is 0 Å². The minimum absolute atomic E-state index is 0.0977. The second-order valence-corrected chi connectivity index (χ2v) is 4.62. The van der Waals surface area contributed by atoms with Crippen LogP contribution in [0.3, 0.4) is 0 Å². The zero-order valence-corrected chi connectivity index (χ0v) is 10.3. The summed E-state index contributed by atoms with van der Waals surface area (Å²) in [5.74, 6) is -1.10. The number of nitrogens with one attached hydrogen (secondary N) is 1. The molecule has 1 aliphatic rings. The number of carboxylic acids is 1. The number of carboxylic acid groups (broad SMARTS) is 1. The van der Waals surface area contributed by atoms with Gasteiger partial charge < -0.3 is 10.4 Å². The molecule has 1 aliphatic carbocycles. The Kier molecular flexibility index (Phi) is 5.40. The van der Waals surface area contributed by atoms with Gasteiger partial charge >= 0.3 is 12.1 Å². The Morgan fingerprint density at radius 3 is 2.50 bits per heavy atom. The number of hydrogen-bond acceptors (Lipinski definition) is 3. The Labute approximate surface area is 104 Å². The molecule has 0 aromatic carbocycles. The number of alkyl halides is 3. The van der Waals surface area contributed by atoms with Crippen molar-refractivity contribution in [2.75, 3.05) is 19.6 Å². The summed E-state index contributed by atoms with van der Waals surface area (Å²) in [7, 11) is 0. The maximum absolute atomic E-state index is 12.4. The van der Waals surface area contributed by atoms with Gasteiger partial charge in [-0.05, 0) is 25.8 Å². The molecule has 0 heterocycles. The van der Waals surface area contributed by atoms with Crippen LogP contribution in [-0.2, 0) is 4.79 Å². The van der Waals surface area contributed by atoms with E-state index in [1.165, 1.54) is 4.90 Å². The Hall–Kier alpha value is -0.820. The first-order valence-electron chi connectivity index (χ1n) is 6.10. The van der Waals surface area contributed by atoms with Gasteiger partial charge in [0.1, 0.15) is 6.04 Å². The highest BCUT2D eigenvalue weighted by atomic mass is 19.4. The van der Waals surface area contributed by atoms with Gasteiger partial charge in [-0.15, -0.1) is 0 Å². The van der Waals surface area contributed by atoms with E-state index in [4.69, 9.17) is 5.11 Å². The van der Waals surface area contributed by atoms with Crippen molar-refractivity contribution in [3.05, 3.63) is 0 Å². The highest BCUT2D eigenvalue weighted by Crippen LogP contribution is 2.30. The topological polar surface area (TPSA) is 52.6 Å². The lowest BCUT2D eigenvalue weighted by atomic mass is 10.2. The van der Waals surface area contributed by atoms with E-state index < -0.39 is 24.7 Å². The molecule has 4 nitrogen and oxygen atoms in total. The molecule has 0 spiro atoms. The van der Waals surface area contributed by atoms with E-state index in [-0.39, 0.29) is 12.6 Å². The lowest BCUT2D eigenvalue weighted by molar-refractivity contribution is -0.152. The maximum atomic E-state index is 12.4. The number of halogens is 3. The van der Waals surface area contributed by atoms with Gasteiger partial charge in [-0.1, -0.05) is 6.92 Å². The van der Waals surface area contributed by atoms with Gasteiger partial charge in [0.2, 0.25) is 0 Å². The van der Waals surface area contributed by atoms with Crippen LogP contribution in [0.5, 0.6) is 0 Å². The molecule has 1 saturated carbocycles. The van der Waals surface area contributed by atoms with Crippen molar-refractivity contribution >= 4 is 5.97 Å². The largest absolute Gasteiger partial charge is 0.480 e. The van der Waals surface area contributed by atoms with Crippen molar-refractivity contribution in [3.63, 3.8) is 0 Å². The monoisotopic (exact) mass is 268 g/mol. The second kappa shape index (κ2) is 6.38. The van der Waals surface area contributed by atoms with Crippen molar-refractivity contribution in [3.8, 4) is 0 Å². The maximum Gasteiger partial charge on any atom is 0.401 e. The van der Waals surface area contributed by atoms with Crippen LogP contribution in [-0.4, -0.2) is 53.9 Å². The Morgan fingerprint density at radius 1 is 1.50 bits per heavy atom. The second-order valence-electron chi connectivity index (χ2n) is 4.62. The van der Waals surface area contributed by atoms with E-state index >= 15 is 0 Å². The van der Waals surface area contributed by atoms with Crippen LogP contribution in [0, 0.1) is 0 Å². The molecule has 0 aromatic rings. The Bertz CT molecular complexity index is 280. The average Bonchev–Trinajstić information content (AvgIpc) is 3.03. The molecule has 0 amide bonds. The summed E-state index contributed by atoms with van der Waals surface area (Å²) >= 11 is 0. The van der Waals surface area contributed by atoms with E-state index in [2.05, 4.69) is 5.32 Å². The van der Waals surface area contributed by atoms with Gasteiger partial charge in [-0.2, -0.15) is 13.2 Å². The fourth-order valence-electron chi connectivity index (χ4n) is 1.80. The fourth-order valence-corrected chi connectivity index (χ4v) is 1.80. The molecule has 1 unspecified atom stereocenters. The summed E-state index contributed by atoms with van der Waals surface area (Å²) < 4.78 is 37.2. The molecule has 2 N–H and O–H groups in total. The Balaban J connectivity index is 2.53.